The standard InChI is InChI=1S/C23H22N4O3S/c1-15-21(16(2)30-26-15)14-29-19-6-4-5-17(13-19)22(28)25-18-7-9-20(10-8-18)31-23-24-11-12-27(23)3/h4-13H,14H2,1-3H3,(H,25,28). The molecule has 158 valence electrons. The van der Waals surface area contributed by atoms with E-state index in [-0.39, 0.29) is 5.91 Å². The highest BCUT2D eigenvalue weighted by molar-refractivity contribution is 7.99. The van der Waals surface area contributed by atoms with Crippen LogP contribution in [0.1, 0.15) is 27.4 Å². The van der Waals surface area contributed by atoms with E-state index in [0.29, 0.717) is 17.9 Å². The Morgan fingerprint density at radius 1 is 1.19 bits per heavy atom. The molecule has 8 heteroatoms. The van der Waals surface area contributed by atoms with Crippen molar-refractivity contribution in [1.82, 2.24) is 14.7 Å². The number of benzene rings is 2. The molecule has 0 radical (unpaired) electrons. The number of amides is 1. The van der Waals surface area contributed by atoms with Gasteiger partial charge in [-0.1, -0.05) is 23.0 Å². The molecular formula is C23H22N4O3S. The normalized spacial score (nSPS) is 10.8. The third-order valence-electron chi connectivity index (χ3n) is 4.76. The maximum absolute atomic E-state index is 12.7. The molecule has 0 bridgehead atoms. The van der Waals surface area contributed by atoms with Crippen molar-refractivity contribution in [1.29, 1.82) is 0 Å². The van der Waals surface area contributed by atoms with Gasteiger partial charge >= 0.3 is 0 Å². The number of anilines is 1. The van der Waals surface area contributed by atoms with Crippen LogP contribution in [0.4, 0.5) is 5.69 Å². The minimum Gasteiger partial charge on any atom is -0.489 e. The molecule has 0 unspecified atom stereocenters. The summed E-state index contributed by atoms with van der Waals surface area (Å²) >= 11 is 1.56. The lowest BCUT2D eigenvalue weighted by Crippen LogP contribution is -2.12. The third-order valence-corrected chi connectivity index (χ3v) is 5.84. The number of hydrogen-bond acceptors (Lipinski definition) is 6. The fourth-order valence-corrected chi connectivity index (χ4v) is 3.76. The Hall–Kier alpha value is -3.52. The van der Waals surface area contributed by atoms with Crippen molar-refractivity contribution in [2.75, 3.05) is 5.32 Å². The second-order valence-corrected chi connectivity index (χ2v) is 8.06. The van der Waals surface area contributed by atoms with Gasteiger partial charge in [0, 0.05) is 35.6 Å². The fraction of sp³-hybridized carbons (Fsp3) is 0.174. The van der Waals surface area contributed by atoms with Gasteiger partial charge in [-0.15, -0.1) is 0 Å². The van der Waals surface area contributed by atoms with Gasteiger partial charge in [0.1, 0.15) is 18.1 Å². The minimum absolute atomic E-state index is 0.202. The van der Waals surface area contributed by atoms with Crippen LogP contribution >= 0.6 is 11.8 Å². The average molecular weight is 435 g/mol. The van der Waals surface area contributed by atoms with Crippen LogP contribution in [0.3, 0.4) is 0 Å². The van der Waals surface area contributed by atoms with Crippen LogP contribution in [-0.2, 0) is 13.7 Å². The summed E-state index contributed by atoms with van der Waals surface area (Å²) in [5.41, 5.74) is 2.95. The second-order valence-electron chi connectivity index (χ2n) is 7.02. The zero-order valence-electron chi connectivity index (χ0n) is 17.5. The maximum Gasteiger partial charge on any atom is 0.255 e. The third kappa shape index (κ3) is 4.97. The molecule has 2 aromatic heterocycles. The molecule has 0 aliphatic carbocycles. The number of rotatable bonds is 7. The Kier molecular flexibility index (Phi) is 6.08. The summed E-state index contributed by atoms with van der Waals surface area (Å²) in [6.07, 6.45) is 3.67. The fourth-order valence-electron chi connectivity index (χ4n) is 2.96. The van der Waals surface area contributed by atoms with Gasteiger partial charge in [-0.05, 0) is 56.3 Å². The lowest BCUT2D eigenvalue weighted by atomic mass is 10.2. The van der Waals surface area contributed by atoms with Crippen molar-refractivity contribution < 1.29 is 14.1 Å². The number of carbonyl (C=O) groups excluding carboxylic acids is 1. The number of ether oxygens (including phenoxy) is 1. The van der Waals surface area contributed by atoms with Crippen LogP contribution in [0.15, 0.2) is 75.5 Å². The number of carbonyl (C=O) groups is 1. The van der Waals surface area contributed by atoms with Crippen molar-refractivity contribution in [3.8, 4) is 5.75 Å². The Bertz CT molecular complexity index is 1180. The number of hydrogen-bond donors (Lipinski definition) is 1. The summed E-state index contributed by atoms with van der Waals surface area (Å²) in [6, 6.07) is 14.8. The molecule has 0 saturated carbocycles. The van der Waals surface area contributed by atoms with E-state index in [2.05, 4.69) is 15.5 Å². The second kappa shape index (κ2) is 9.09. The van der Waals surface area contributed by atoms with Crippen molar-refractivity contribution in [3.63, 3.8) is 0 Å². The van der Waals surface area contributed by atoms with E-state index >= 15 is 0 Å². The first-order chi connectivity index (χ1) is 15.0. The molecule has 4 aromatic rings. The number of aryl methyl sites for hydroxylation is 3. The van der Waals surface area contributed by atoms with E-state index in [1.807, 2.05) is 62.0 Å². The van der Waals surface area contributed by atoms with Crippen LogP contribution in [0, 0.1) is 13.8 Å². The van der Waals surface area contributed by atoms with Crippen molar-refractivity contribution in [3.05, 3.63) is 83.5 Å². The van der Waals surface area contributed by atoms with Crippen LogP contribution < -0.4 is 10.1 Å². The number of nitrogens with zero attached hydrogens (tertiary/aromatic N) is 3. The van der Waals surface area contributed by atoms with Gasteiger partial charge in [0.05, 0.1) is 11.3 Å². The first-order valence-corrected chi connectivity index (χ1v) is 10.5. The molecular weight excluding hydrogens is 412 g/mol. The summed E-state index contributed by atoms with van der Waals surface area (Å²) in [4.78, 5) is 18.0. The highest BCUT2D eigenvalue weighted by Gasteiger charge is 2.11. The Labute approximate surface area is 184 Å². The van der Waals surface area contributed by atoms with E-state index in [4.69, 9.17) is 9.26 Å². The van der Waals surface area contributed by atoms with Gasteiger partial charge in [0.25, 0.3) is 5.91 Å². The summed E-state index contributed by atoms with van der Waals surface area (Å²) in [5, 5.41) is 7.76. The molecule has 2 aromatic carbocycles. The zero-order chi connectivity index (χ0) is 21.8. The van der Waals surface area contributed by atoms with Gasteiger partial charge in [-0.25, -0.2) is 4.98 Å². The summed E-state index contributed by atoms with van der Waals surface area (Å²) in [7, 11) is 1.95. The topological polar surface area (TPSA) is 82.2 Å². The molecule has 0 spiro atoms. The average Bonchev–Trinajstić information content (AvgIpc) is 3.32. The maximum atomic E-state index is 12.7. The SMILES string of the molecule is Cc1noc(C)c1COc1cccc(C(=O)Nc2ccc(Sc3nccn3C)cc2)c1. The van der Waals surface area contributed by atoms with E-state index in [1.54, 1.807) is 36.2 Å². The molecule has 0 aliphatic heterocycles. The molecule has 31 heavy (non-hydrogen) atoms. The molecule has 1 amide bonds. The molecule has 0 fully saturated rings. The summed E-state index contributed by atoms with van der Waals surface area (Å²) < 4.78 is 13.0. The Balaban J connectivity index is 1.38. The lowest BCUT2D eigenvalue weighted by Gasteiger charge is -2.09. The van der Waals surface area contributed by atoms with E-state index in [1.165, 1.54) is 0 Å². The summed E-state index contributed by atoms with van der Waals surface area (Å²) in [6.45, 7) is 4.06. The predicted octanol–water partition coefficient (Wildman–Crippen LogP) is 5.01. The predicted molar refractivity (Wildman–Crippen MR) is 118 cm³/mol. The van der Waals surface area contributed by atoms with Gasteiger partial charge in [0.15, 0.2) is 5.16 Å². The van der Waals surface area contributed by atoms with Gasteiger partial charge in [-0.3, -0.25) is 4.79 Å². The Morgan fingerprint density at radius 3 is 2.68 bits per heavy atom. The van der Waals surface area contributed by atoms with Gasteiger partial charge < -0.3 is 19.1 Å². The van der Waals surface area contributed by atoms with Gasteiger partial charge in [0.2, 0.25) is 0 Å². The molecule has 0 aliphatic rings. The molecule has 2 heterocycles. The minimum atomic E-state index is -0.202. The molecule has 0 atom stereocenters. The highest BCUT2D eigenvalue weighted by atomic mass is 32.2. The Morgan fingerprint density at radius 2 is 2.00 bits per heavy atom. The van der Waals surface area contributed by atoms with E-state index in [9.17, 15) is 4.79 Å². The highest BCUT2D eigenvalue weighted by Crippen LogP contribution is 2.27. The van der Waals surface area contributed by atoms with Crippen molar-refractivity contribution in [2.24, 2.45) is 7.05 Å². The first-order valence-electron chi connectivity index (χ1n) is 9.71. The van der Waals surface area contributed by atoms with Crippen molar-refractivity contribution in [2.45, 2.75) is 30.5 Å². The molecule has 0 saturated heterocycles. The van der Waals surface area contributed by atoms with E-state index < -0.39 is 0 Å². The lowest BCUT2D eigenvalue weighted by molar-refractivity contribution is 0.102. The number of nitrogens with one attached hydrogen (secondary N) is 1. The smallest absolute Gasteiger partial charge is 0.255 e. The summed E-state index contributed by atoms with van der Waals surface area (Å²) in [5.74, 6) is 1.14. The van der Waals surface area contributed by atoms with Crippen molar-refractivity contribution >= 4 is 23.4 Å². The monoisotopic (exact) mass is 434 g/mol. The van der Waals surface area contributed by atoms with Gasteiger partial charge in [-0.2, -0.15) is 0 Å². The van der Waals surface area contributed by atoms with E-state index in [0.717, 1.165) is 32.8 Å². The first kappa shape index (κ1) is 20.7. The largest absolute Gasteiger partial charge is 0.489 e. The molecule has 4 rings (SSSR count). The zero-order valence-corrected chi connectivity index (χ0v) is 18.3. The molecule has 1 N–H and O–H groups in total. The quantitative estimate of drug-likeness (QED) is 0.440. The van der Waals surface area contributed by atoms with Crippen LogP contribution in [0.25, 0.3) is 0 Å². The number of aromatic nitrogens is 3. The van der Waals surface area contributed by atoms with Crippen LogP contribution in [0.5, 0.6) is 5.75 Å². The van der Waals surface area contributed by atoms with Crippen LogP contribution in [-0.4, -0.2) is 20.6 Å². The van der Waals surface area contributed by atoms with Crippen LogP contribution in [0.2, 0.25) is 0 Å². The molecule has 7 nitrogen and oxygen atoms in total. The number of imidazole rings is 1.